The summed E-state index contributed by atoms with van der Waals surface area (Å²) < 4.78 is 2.34. The number of nitrogens with zero attached hydrogens (tertiary/aromatic N) is 1. The molecule has 3 aromatic carbocycles. The van der Waals surface area contributed by atoms with Crippen molar-refractivity contribution in [1.29, 1.82) is 0 Å². The summed E-state index contributed by atoms with van der Waals surface area (Å²) in [5.41, 5.74) is 5.15. The first-order chi connectivity index (χ1) is 12.6. The Balaban J connectivity index is 1.91. The van der Waals surface area contributed by atoms with Crippen LogP contribution in [0.15, 0.2) is 85.5 Å². The summed E-state index contributed by atoms with van der Waals surface area (Å²) in [5.74, 6) is 0. The number of benzene rings is 3. The van der Waals surface area contributed by atoms with Gasteiger partial charge in [0.1, 0.15) is 7.05 Å². The zero-order valence-corrected chi connectivity index (χ0v) is 15.4. The lowest BCUT2D eigenvalue weighted by Gasteiger charge is -2.22. The minimum absolute atomic E-state index is 0.0853. The molecule has 0 bridgehead atoms. The van der Waals surface area contributed by atoms with Crippen LogP contribution in [-0.2, 0) is 5.41 Å². The van der Waals surface area contributed by atoms with Gasteiger partial charge >= 0.3 is 0 Å². The van der Waals surface area contributed by atoms with E-state index in [2.05, 4.69) is 104 Å². The Bertz CT molecular complexity index is 1040. The molecule has 0 N–H and O–H groups in total. The van der Waals surface area contributed by atoms with Crippen LogP contribution in [0.25, 0.3) is 16.8 Å². The predicted molar refractivity (Wildman–Crippen MR) is 112 cm³/mol. The molecule has 1 heterocycles. The van der Waals surface area contributed by atoms with Crippen LogP contribution in [0.3, 0.4) is 0 Å². The van der Waals surface area contributed by atoms with Crippen LogP contribution in [0.1, 0.15) is 24.5 Å². The molecule has 0 aliphatic carbocycles. The molecular formula is C25H24N+. The Morgan fingerprint density at radius 2 is 1.65 bits per heavy atom. The fraction of sp³-hybridized carbons (Fsp3) is 0.160. The Kier molecular flexibility index (Phi) is 4.08. The molecule has 0 radical (unpaired) electrons. The molecule has 1 nitrogen and oxygen atoms in total. The zero-order valence-electron chi connectivity index (χ0n) is 15.4. The molecule has 1 heteroatoms. The molecule has 26 heavy (non-hydrogen) atoms. The third kappa shape index (κ3) is 2.52. The summed E-state index contributed by atoms with van der Waals surface area (Å²) in [6.07, 6.45) is 7.43. The van der Waals surface area contributed by atoms with Gasteiger partial charge in [0.25, 0.3) is 0 Å². The number of hydrogen-bond acceptors (Lipinski definition) is 0. The summed E-state index contributed by atoms with van der Waals surface area (Å²) in [6, 6.07) is 23.6. The highest BCUT2D eigenvalue weighted by atomic mass is 15.0. The van der Waals surface area contributed by atoms with E-state index in [4.69, 9.17) is 0 Å². The van der Waals surface area contributed by atoms with Crippen molar-refractivity contribution in [2.24, 2.45) is 0 Å². The quantitative estimate of drug-likeness (QED) is 0.398. The molecule has 4 rings (SSSR count). The monoisotopic (exact) mass is 338 g/mol. The maximum absolute atomic E-state index is 4.04. The van der Waals surface area contributed by atoms with E-state index in [1.807, 2.05) is 6.08 Å². The lowest BCUT2D eigenvalue weighted by atomic mass is 9.74. The maximum Gasteiger partial charge on any atom is 0.210 e. The fourth-order valence-electron chi connectivity index (χ4n) is 4.28. The van der Waals surface area contributed by atoms with Gasteiger partial charge in [0.2, 0.25) is 5.69 Å². The molecule has 0 amide bonds. The van der Waals surface area contributed by atoms with E-state index in [0.29, 0.717) is 0 Å². The van der Waals surface area contributed by atoms with Crippen LogP contribution in [0.2, 0.25) is 0 Å². The summed E-state index contributed by atoms with van der Waals surface area (Å²) in [5, 5.41) is 2.63. The van der Waals surface area contributed by atoms with E-state index < -0.39 is 0 Å². The molecular weight excluding hydrogens is 314 g/mol. The van der Waals surface area contributed by atoms with E-state index >= 15 is 0 Å². The molecule has 0 aromatic heterocycles. The van der Waals surface area contributed by atoms with Crippen molar-refractivity contribution >= 4 is 28.2 Å². The van der Waals surface area contributed by atoms with Crippen LogP contribution < -0.4 is 0 Å². The van der Waals surface area contributed by atoms with Gasteiger partial charge in [-0.3, -0.25) is 0 Å². The van der Waals surface area contributed by atoms with E-state index in [1.54, 1.807) is 0 Å². The second-order valence-electron chi connectivity index (χ2n) is 7.19. The maximum atomic E-state index is 4.04. The average molecular weight is 338 g/mol. The number of fused-ring (bicyclic) bond motifs is 3. The molecule has 3 aromatic rings. The van der Waals surface area contributed by atoms with Crippen LogP contribution in [0.4, 0.5) is 5.69 Å². The van der Waals surface area contributed by atoms with Gasteiger partial charge in [-0.25, -0.2) is 0 Å². The zero-order chi connectivity index (χ0) is 18.1. The summed E-state index contributed by atoms with van der Waals surface area (Å²) in [6.45, 7) is 6.39. The summed E-state index contributed by atoms with van der Waals surface area (Å²) >= 11 is 0. The molecule has 0 saturated carbocycles. The van der Waals surface area contributed by atoms with Crippen molar-refractivity contribution < 1.29 is 4.58 Å². The Labute approximate surface area is 155 Å². The SMILES string of the molecule is C=CCC1(C)C(/C=C/c2ccccc2)=[N+](C)c2ccc3ccccc3c21. The number of hydrogen-bond donors (Lipinski definition) is 0. The van der Waals surface area contributed by atoms with Gasteiger partial charge in [-0.2, -0.15) is 4.58 Å². The molecule has 0 spiro atoms. The lowest BCUT2D eigenvalue weighted by molar-refractivity contribution is -0.401. The lowest BCUT2D eigenvalue weighted by Crippen LogP contribution is -2.30. The first-order valence-electron chi connectivity index (χ1n) is 9.12. The van der Waals surface area contributed by atoms with E-state index in [0.717, 1.165) is 6.42 Å². The molecule has 0 saturated heterocycles. The van der Waals surface area contributed by atoms with Crippen molar-refractivity contribution in [1.82, 2.24) is 0 Å². The molecule has 0 fully saturated rings. The van der Waals surface area contributed by atoms with Gasteiger partial charge in [-0.05, 0) is 41.8 Å². The second kappa shape index (κ2) is 6.42. The molecule has 1 aliphatic heterocycles. The van der Waals surface area contributed by atoms with E-state index in [1.165, 1.54) is 33.3 Å². The molecule has 1 atom stereocenters. The summed E-state index contributed by atoms with van der Waals surface area (Å²) in [4.78, 5) is 0. The fourth-order valence-corrected chi connectivity index (χ4v) is 4.28. The Morgan fingerprint density at radius 3 is 2.42 bits per heavy atom. The van der Waals surface area contributed by atoms with Gasteiger partial charge in [0, 0.05) is 17.7 Å². The smallest absolute Gasteiger partial charge is 0.198 e. The normalized spacial score (nSPS) is 19.3. The second-order valence-corrected chi connectivity index (χ2v) is 7.19. The summed E-state index contributed by atoms with van der Waals surface area (Å²) in [7, 11) is 2.17. The van der Waals surface area contributed by atoms with Gasteiger partial charge in [-0.1, -0.05) is 60.7 Å². The third-order valence-corrected chi connectivity index (χ3v) is 5.53. The predicted octanol–water partition coefficient (Wildman–Crippen LogP) is 6.12. The van der Waals surface area contributed by atoms with E-state index in [-0.39, 0.29) is 5.41 Å². The first-order valence-corrected chi connectivity index (χ1v) is 9.12. The topological polar surface area (TPSA) is 3.01 Å². The van der Waals surface area contributed by atoms with Crippen molar-refractivity contribution in [3.8, 4) is 0 Å². The van der Waals surface area contributed by atoms with Gasteiger partial charge in [0.05, 0.1) is 5.41 Å². The van der Waals surface area contributed by atoms with Gasteiger partial charge < -0.3 is 0 Å². The van der Waals surface area contributed by atoms with Crippen molar-refractivity contribution in [2.45, 2.75) is 18.8 Å². The highest BCUT2D eigenvalue weighted by Gasteiger charge is 2.46. The highest BCUT2D eigenvalue weighted by Crippen LogP contribution is 2.46. The largest absolute Gasteiger partial charge is 0.210 e. The van der Waals surface area contributed by atoms with Crippen LogP contribution >= 0.6 is 0 Å². The molecule has 128 valence electrons. The molecule has 1 aliphatic rings. The molecule has 1 unspecified atom stereocenters. The van der Waals surface area contributed by atoms with Crippen LogP contribution in [-0.4, -0.2) is 17.3 Å². The Hall–Kier alpha value is -2.93. The minimum Gasteiger partial charge on any atom is -0.198 e. The minimum atomic E-state index is -0.0853. The van der Waals surface area contributed by atoms with Gasteiger partial charge in [0.15, 0.2) is 5.71 Å². The average Bonchev–Trinajstić information content (AvgIpc) is 2.88. The van der Waals surface area contributed by atoms with Gasteiger partial charge in [-0.15, -0.1) is 6.58 Å². The Morgan fingerprint density at radius 1 is 0.923 bits per heavy atom. The standard InChI is InChI=1S/C25H24N/c1-4-18-25(2)23(17-14-19-10-6-5-7-11-19)26(3)22-16-15-20-12-8-9-13-21(20)24(22)25/h4-17H,1,18H2,2-3H3/q+1/b17-14+. The first kappa shape index (κ1) is 16.5. The van der Waals surface area contributed by atoms with Crippen molar-refractivity contribution in [3.63, 3.8) is 0 Å². The van der Waals surface area contributed by atoms with Crippen LogP contribution in [0, 0.1) is 0 Å². The number of allylic oxidation sites excluding steroid dienone is 2. The van der Waals surface area contributed by atoms with Crippen LogP contribution in [0.5, 0.6) is 0 Å². The highest BCUT2D eigenvalue weighted by molar-refractivity contribution is 6.09. The van der Waals surface area contributed by atoms with Crippen molar-refractivity contribution in [3.05, 3.63) is 96.6 Å². The number of rotatable bonds is 4. The third-order valence-electron chi connectivity index (χ3n) is 5.53. The van der Waals surface area contributed by atoms with Crippen molar-refractivity contribution in [2.75, 3.05) is 7.05 Å². The van der Waals surface area contributed by atoms with E-state index in [9.17, 15) is 0 Å².